The van der Waals surface area contributed by atoms with Crippen LogP contribution in [0.3, 0.4) is 0 Å². The number of hydrogen-bond donors (Lipinski definition) is 2. The molecule has 1 aromatic rings. The molecule has 0 radical (unpaired) electrons. The standard InChI is InChI=1S/C12H18ClN3O2/c1-2-3-6-16(7-8-17)12(18)15-10-4-5-14-11(13)9-10/h4-5,9,17H,2-3,6-8H2,1H3,(H,14,15,18). The lowest BCUT2D eigenvalue weighted by Gasteiger charge is -2.21. The molecule has 1 heterocycles. The van der Waals surface area contributed by atoms with E-state index >= 15 is 0 Å². The number of unbranched alkanes of at least 4 members (excludes halogenated alkanes) is 1. The van der Waals surface area contributed by atoms with Gasteiger partial charge in [0.1, 0.15) is 5.15 Å². The Labute approximate surface area is 112 Å². The molecule has 1 rings (SSSR count). The third kappa shape index (κ3) is 4.89. The number of rotatable bonds is 6. The van der Waals surface area contributed by atoms with Crippen LogP contribution < -0.4 is 5.32 Å². The van der Waals surface area contributed by atoms with Crippen molar-refractivity contribution in [1.82, 2.24) is 9.88 Å². The molecule has 1 aromatic heterocycles. The summed E-state index contributed by atoms with van der Waals surface area (Å²) < 4.78 is 0. The van der Waals surface area contributed by atoms with Crippen LogP contribution >= 0.6 is 11.6 Å². The molecule has 5 nitrogen and oxygen atoms in total. The molecule has 0 aliphatic rings. The van der Waals surface area contributed by atoms with Gasteiger partial charge in [0, 0.05) is 25.0 Å². The quantitative estimate of drug-likeness (QED) is 0.781. The summed E-state index contributed by atoms with van der Waals surface area (Å²) in [4.78, 5) is 17.4. The second-order valence-corrected chi connectivity index (χ2v) is 4.25. The van der Waals surface area contributed by atoms with Gasteiger partial charge in [-0.25, -0.2) is 9.78 Å². The number of carbonyl (C=O) groups is 1. The van der Waals surface area contributed by atoms with E-state index in [0.29, 0.717) is 23.9 Å². The number of carbonyl (C=O) groups excluding carboxylic acids is 1. The fraction of sp³-hybridized carbons (Fsp3) is 0.500. The maximum atomic E-state index is 12.0. The van der Waals surface area contributed by atoms with Crippen molar-refractivity contribution in [2.24, 2.45) is 0 Å². The lowest BCUT2D eigenvalue weighted by atomic mass is 10.3. The minimum atomic E-state index is -0.236. The zero-order valence-electron chi connectivity index (χ0n) is 10.4. The normalized spacial score (nSPS) is 10.2. The van der Waals surface area contributed by atoms with E-state index in [-0.39, 0.29) is 12.6 Å². The van der Waals surface area contributed by atoms with E-state index in [2.05, 4.69) is 17.2 Å². The van der Waals surface area contributed by atoms with Crippen LogP contribution in [0.2, 0.25) is 5.15 Å². The van der Waals surface area contributed by atoms with Gasteiger partial charge in [0.25, 0.3) is 0 Å². The highest BCUT2D eigenvalue weighted by Gasteiger charge is 2.12. The van der Waals surface area contributed by atoms with Crippen LogP contribution in [0.1, 0.15) is 19.8 Å². The van der Waals surface area contributed by atoms with Crippen LogP contribution in [0.4, 0.5) is 10.5 Å². The summed E-state index contributed by atoms with van der Waals surface area (Å²) in [6.07, 6.45) is 3.43. The Morgan fingerprint density at radius 3 is 2.94 bits per heavy atom. The molecule has 100 valence electrons. The van der Waals surface area contributed by atoms with E-state index in [1.165, 1.54) is 6.20 Å². The van der Waals surface area contributed by atoms with Gasteiger partial charge in [0.2, 0.25) is 0 Å². The number of nitrogens with zero attached hydrogens (tertiary/aromatic N) is 2. The van der Waals surface area contributed by atoms with E-state index in [1.807, 2.05) is 0 Å². The molecule has 0 aliphatic carbocycles. The molecule has 0 unspecified atom stereocenters. The molecule has 0 saturated heterocycles. The minimum Gasteiger partial charge on any atom is -0.395 e. The lowest BCUT2D eigenvalue weighted by Crippen LogP contribution is -2.37. The zero-order valence-corrected chi connectivity index (χ0v) is 11.2. The molecule has 0 fully saturated rings. The van der Waals surface area contributed by atoms with Crippen molar-refractivity contribution in [3.63, 3.8) is 0 Å². The van der Waals surface area contributed by atoms with Gasteiger partial charge in [-0.2, -0.15) is 0 Å². The largest absolute Gasteiger partial charge is 0.395 e. The Morgan fingerprint density at radius 2 is 2.33 bits per heavy atom. The fourth-order valence-electron chi connectivity index (χ4n) is 1.47. The number of pyridine rings is 1. The number of anilines is 1. The third-order valence-corrected chi connectivity index (χ3v) is 2.62. The molecule has 0 spiro atoms. The SMILES string of the molecule is CCCCN(CCO)C(=O)Nc1ccnc(Cl)c1. The van der Waals surface area contributed by atoms with Crippen LogP contribution in [0.25, 0.3) is 0 Å². The van der Waals surface area contributed by atoms with Crippen LogP contribution in [0.5, 0.6) is 0 Å². The van der Waals surface area contributed by atoms with Crippen molar-refractivity contribution in [3.8, 4) is 0 Å². The van der Waals surface area contributed by atoms with Gasteiger partial charge in [-0.1, -0.05) is 24.9 Å². The van der Waals surface area contributed by atoms with Crippen molar-refractivity contribution in [3.05, 3.63) is 23.5 Å². The summed E-state index contributed by atoms with van der Waals surface area (Å²) >= 11 is 5.74. The number of nitrogens with one attached hydrogen (secondary N) is 1. The first kappa shape index (κ1) is 14.7. The van der Waals surface area contributed by atoms with E-state index in [0.717, 1.165) is 12.8 Å². The Kier molecular flexibility index (Phi) is 6.46. The van der Waals surface area contributed by atoms with Gasteiger partial charge in [-0.05, 0) is 18.6 Å². The van der Waals surface area contributed by atoms with E-state index in [9.17, 15) is 4.79 Å². The molecule has 6 heteroatoms. The monoisotopic (exact) mass is 271 g/mol. The molecular formula is C12H18ClN3O2. The van der Waals surface area contributed by atoms with Crippen LogP contribution in [0.15, 0.2) is 18.3 Å². The second-order valence-electron chi connectivity index (χ2n) is 3.86. The lowest BCUT2D eigenvalue weighted by molar-refractivity contribution is 0.187. The van der Waals surface area contributed by atoms with Gasteiger partial charge >= 0.3 is 6.03 Å². The predicted octanol–water partition coefficient (Wildman–Crippen LogP) is 2.36. The molecule has 0 bridgehead atoms. The smallest absolute Gasteiger partial charge is 0.321 e. The van der Waals surface area contributed by atoms with Crippen LogP contribution in [-0.2, 0) is 0 Å². The number of aliphatic hydroxyl groups excluding tert-OH is 1. The van der Waals surface area contributed by atoms with Crippen LogP contribution in [0, 0.1) is 0 Å². The van der Waals surface area contributed by atoms with E-state index in [4.69, 9.17) is 16.7 Å². The van der Waals surface area contributed by atoms with E-state index in [1.54, 1.807) is 17.0 Å². The first-order valence-corrected chi connectivity index (χ1v) is 6.33. The molecule has 0 atom stereocenters. The minimum absolute atomic E-state index is 0.0474. The average Bonchev–Trinajstić information content (AvgIpc) is 2.34. The summed E-state index contributed by atoms with van der Waals surface area (Å²) in [5.74, 6) is 0. The van der Waals surface area contributed by atoms with E-state index < -0.39 is 0 Å². The number of urea groups is 1. The Bertz CT molecular complexity index is 387. The number of halogens is 1. The highest BCUT2D eigenvalue weighted by atomic mass is 35.5. The number of aliphatic hydroxyl groups is 1. The number of hydrogen-bond acceptors (Lipinski definition) is 3. The summed E-state index contributed by atoms with van der Waals surface area (Å²) in [5, 5.41) is 12.0. The summed E-state index contributed by atoms with van der Waals surface area (Å²) in [7, 11) is 0. The Hall–Kier alpha value is -1.33. The summed E-state index contributed by atoms with van der Waals surface area (Å²) in [5.41, 5.74) is 0.597. The maximum absolute atomic E-state index is 12.0. The maximum Gasteiger partial charge on any atom is 0.321 e. The second kappa shape index (κ2) is 7.89. The van der Waals surface area contributed by atoms with Gasteiger partial charge in [-0.15, -0.1) is 0 Å². The van der Waals surface area contributed by atoms with Gasteiger partial charge in [-0.3, -0.25) is 0 Å². The molecule has 2 amide bonds. The van der Waals surface area contributed by atoms with Crippen LogP contribution in [-0.4, -0.2) is 40.7 Å². The van der Waals surface area contributed by atoms with Gasteiger partial charge in [0.05, 0.1) is 6.61 Å². The molecule has 18 heavy (non-hydrogen) atoms. The molecule has 0 aliphatic heterocycles. The molecule has 0 saturated carbocycles. The Morgan fingerprint density at radius 1 is 1.56 bits per heavy atom. The summed E-state index contributed by atoms with van der Waals surface area (Å²) in [6.45, 7) is 2.96. The third-order valence-electron chi connectivity index (χ3n) is 2.42. The summed E-state index contributed by atoms with van der Waals surface area (Å²) in [6, 6.07) is 3.01. The first-order chi connectivity index (χ1) is 8.67. The number of amides is 2. The van der Waals surface area contributed by atoms with Crippen molar-refractivity contribution in [2.75, 3.05) is 25.0 Å². The molecular weight excluding hydrogens is 254 g/mol. The van der Waals surface area contributed by atoms with Gasteiger partial charge in [0.15, 0.2) is 0 Å². The first-order valence-electron chi connectivity index (χ1n) is 5.95. The Balaban J connectivity index is 2.60. The highest BCUT2D eigenvalue weighted by molar-refractivity contribution is 6.29. The molecule has 0 aromatic carbocycles. The highest BCUT2D eigenvalue weighted by Crippen LogP contribution is 2.12. The van der Waals surface area contributed by atoms with Gasteiger partial charge < -0.3 is 15.3 Å². The van der Waals surface area contributed by atoms with Crippen molar-refractivity contribution < 1.29 is 9.90 Å². The fourth-order valence-corrected chi connectivity index (χ4v) is 1.64. The average molecular weight is 272 g/mol. The predicted molar refractivity (Wildman–Crippen MR) is 71.8 cm³/mol. The van der Waals surface area contributed by atoms with Crippen molar-refractivity contribution >= 4 is 23.3 Å². The molecule has 2 N–H and O–H groups in total. The topological polar surface area (TPSA) is 65.5 Å². The van der Waals surface area contributed by atoms with Crippen molar-refractivity contribution in [2.45, 2.75) is 19.8 Å². The zero-order chi connectivity index (χ0) is 13.4. The number of aromatic nitrogens is 1. The van der Waals surface area contributed by atoms with Crippen molar-refractivity contribution in [1.29, 1.82) is 0 Å².